The van der Waals surface area contributed by atoms with Gasteiger partial charge in [0.05, 0.1) is 6.61 Å². The first-order chi connectivity index (χ1) is 8.08. The van der Waals surface area contributed by atoms with E-state index in [1.54, 1.807) is 13.0 Å². The topological polar surface area (TPSA) is 89.3 Å². The van der Waals surface area contributed by atoms with Crippen LogP contribution in [0.5, 0.6) is 0 Å². The van der Waals surface area contributed by atoms with Crippen molar-refractivity contribution >= 4 is 22.9 Å². The molecule has 1 rings (SSSR count). The third-order valence-electron chi connectivity index (χ3n) is 2.08. The van der Waals surface area contributed by atoms with Gasteiger partial charge in [-0.1, -0.05) is 18.7 Å². The first-order valence-electron chi connectivity index (χ1n) is 5.34. The second kappa shape index (κ2) is 6.34. The maximum absolute atomic E-state index is 11.5. The Labute approximate surface area is 104 Å². The van der Waals surface area contributed by atoms with Crippen molar-refractivity contribution in [3.63, 3.8) is 0 Å². The van der Waals surface area contributed by atoms with Gasteiger partial charge in [-0.3, -0.25) is 5.41 Å². The molecule has 0 saturated heterocycles. The Kier molecular flexibility index (Phi) is 5.09. The van der Waals surface area contributed by atoms with E-state index in [0.29, 0.717) is 18.8 Å². The van der Waals surface area contributed by atoms with Crippen LogP contribution in [0.3, 0.4) is 0 Å². The number of hydrogen-bond acceptors (Lipinski definition) is 5. The van der Waals surface area contributed by atoms with Crippen molar-refractivity contribution in [3.8, 4) is 0 Å². The molecule has 1 aromatic heterocycles. The Morgan fingerprint density at radius 1 is 1.59 bits per heavy atom. The van der Waals surface area contributed by atoms with Crippen molar-refractivity contribution in [2.45, 2.75) is 26.0 Å². The van der Waals surface area contributed by atoms with Crippen molar-refractivity contribution < 1.29 is 13.9 Å². The highest BCUT2D eigenvalue weighted by Crippen LogP contribution is 2.22. The van der Waals surface area contributed by atoms with Crippen LogP contribution >= 0.6 is 11.8 Å². The summed E-state index contributed by atoms with van der Waals surface area (Å²) < 4.78 is 10.3. The van der Waals surface area contributed by atoms with Gasteiger partial charge in [0.1, 0.15) is 5.76 Å². The number of carbonyl (C=O) groups is 1. The molecule has 0 saturated carbocycles. The van der Waals surface area contributed by atoms with Crippen molar-refractivity contribution in [2.24, 2.45) is 5.73 Å². The van der Waals surface area contributed by atoms with Crippen LogP contribution in [0, 0.1) is 5.41 Å². The van der Waals surface area contributed by atoms with Crippen LogP contribution < -0.4 is 5.73 Å². The molecule has 0 spiro atoms. The molecule has 0 radical (unpaired) electrons. The SMILES string of the molecule is CCOC(=O)c1cc(CSC(=N)N)c(CC)o1. The number of aryl methyl sites for hydroxylation is 1. The van der Waals surface area contributed by atoms with E-state index in [9.17, 15) is 4.79 Å². The lowest BCUT2D eigenvalue weighted by Gasteiger charge is -1.98. The number of nitrogens with two attached hydrogens (primary N) is 1. The number of rotatable bonds is 5. The molecule has 0 aromatic carbocycles. The summed E-state index contributed by atoms with van der Waals surface area (Å²) in [6.45, 7) is 4.00. The summed E-state index contributed by atoms with van der Waals surface area (Å²) in [6, 6.07) is 1.66. The molecule has 17 heavy (non-hydrogen) atoms. The van der Waals surface area contributed by atoms with E-state index in [1.165, 1.54) is 11.8 Å². The normalized spacial score (nSPS) is 10.2. The fraction of sp³-hybridized carbons (Fsp3) is 0.455. The smallest absolute Gasteiger partial charge is 0.374 e. The van der Waals surface area contributed by atoms with Crippen LogP contribution in [0.15, 0.2) is 10.5 Å². The van der Waals surface area contributed by atoms with Gasteiger partial charge in [0.2, 0.25) is 5.76 Å². The van der Waals surface area contributed by atoms with Crippen LogP contribution in [-0.2, 0) is 16.9 Å². The number of carbonyl (C=O) groups excluding carboxylic acids is 1. The monoisotopic (exact) mass is 256 g/mol. The van der Waals surface area contributed by atoms with Crippen LogP contribution in [0.25, 0.3) is 0 Å². The zero-order valence-electron chi connectivity index (χ0n) is 9.91. The van der Waals surface area contributed by atoms with Crippen molar-refractivity contribution in [2.75, 3.05) is 6.61 Å². The Hall–Kier alpha value is -1.43. The van der Waals surface area contributed by atoms with Crippen LogP contribution in [-0.4, -0.2) is 17.7 Å². The lowest BCUT2D eigenvalue weighted by Crippen LogP contribution is -2.04. The first-order valence-corrected chi connectivity index (χ1v) is 6.32. The predicted molar refractivity (Wildman–Crippen MR) is 67.3 cm³/mol. The zero-order valence-corrected chi connectivity index (χ0v) is 10.7. The standard InChI is InChI=1S/C11H16N2O3S/c1-3-8-7(6-17-11(12)13)5-9(16-8)10(14)15-4-2/h5H,3-4,6H2,1-2H3,(H3,12,13). The van der Waals surface area contributed by atoms with Gasteiger partial charge in [0.25, 0.3) is 0 Å². The molecule has 0 bridgehead atoms. The molecule has 0 aliphatic carbocycles. The fourth-order valence-electron chi connectivity index (χ4n) is 1.35. The average molecular weight is 256 g/mol. The van der Waals surface area contributed by atoms with E-state index in [0.717, 1.165) is 11.3 Å². The third kappa shape index (κ3) is 3.81. The van der Waals surface area contributed by atoms with Gasteiger partial charge in [0.15, 0.2) is 5.17 Å². The van der Waals surface area contributed by atoms with E-state index >= 15 is 0 Å². The predicted octanol–water partition coefficient (Wildman–Crippen LogP) is 2.15. The first kappa shape index (κ1) is 13.6. The molecule has 6 heteroatoms. The fourth-order valence-corrected chi connectivity index (χ4v) is 1.90. The molecule has 1 aromatic rings. The zero-order chi connectivity index (χ0) is 12.8. The average Bonchev–Trinajstić information content (AvgIpc) is 2.69. The third-order valence-corrected chi connectivity index (χ3v) is 2.84. The van der Waals surface area contributed by atoms with E-state index < -0.39 is 5.97 Å². The summed E-state index contributed by atoms with van der Waals surface area (Å²) in [5.41, 5.74) is 6.16. The Morgan fingerprint density at radius 2 is 2.29 bits per heavy atom. The number of nitrogens with one attached hydrogen (secondary N) is 1. The number of amidine groups is 1. The minimum Gasteiger partial charge on any atom is -0.460 e. The lowest BCUT2D eigenvalue weighted by molar-refractivity contribution is 0.0488. The maximum atomic E-state index is 11.5. The van der Waals surface area contributed by atoms with Gasteiger partial charge in [-0.25, -0.2) is 4.79 Å². The maximum Gasteiger partial charge on any atom is 0.374 e. The summed E-state index contributed by atoms with van der Waals surface area (Å²) in [7, 11) is 0. The Balaban J connectivity index is 2.82. The lowest BCUT2D eigenvalue weighted by atomic mass is 10.2. The molecule has 0 atom stereocenters. The minimum atomic E-state index is -0.457. The highest BCUT2D eigenvalue weighted by Gasteiger charge is 2.16. The molecule has 3 N–H and O–H groups in total. The Morgan fingerprint density at radius 3 is 2.82 bits per heavy atom. The molecule has 1 heterocycles. The van der Waals surface area contributed by atoms with Gasteiger partial charge in [-0.15, -0.1) is 0 Å². The second-order valence-electron chi connectivity index (χ2n) is 3.29. The largest absolute Gasteiger partial charge is 0.460 e. The summed E-state index contributed by atoms with van der Waals surface area (Å²) >= 11 is 1.20. The molecular weight excluding hydrogens is 240 g/mol. The molecule has 5 nitrogen and oxygen atoms in total. The van der Waals surface area contributed by atoms with Crippen molar-refractivity contribution in [1.82, 2.24) is 0 Å². The van der Waals surface area contributed by atoms with Gasteiger partial charge in [-0.2, -0.15) is 0 Å². The van der Waals surface area contributed by atoms with Crippen LogP contribution in [0.4, 0.5) is 0 Å². The number of hydrogen-bond donors (Lipinski definition) is 2. The van der Waals surface area contributed by atoms with E-state index in [4.69, 9.17) is 20.3 Å². The number of esters is 1. The van der Waals surface area contributed by atoms with E-state index in [2.05, 4.69) is 0 Å². The van der Waals surface area contributed by atoms with Gasteiger partial charge < -0.3 is 14.9 Å². The number of ether oxygens (including phenoxy) is 1. The molecule has 94 valence electrons. The van der Waals surface area contributed by atoms with E-state index in [-0.39, 0.29) is 10.9 Å². The summed E-state index contributed by atoms with van der Waals surface area (Å²) in [5.74, 6) is 1.02. The summed E-state index contributed by atoms with van der Waals surface area (Å²) in [5, 5.41) is 7.19. The molecule has 0 aliphatic heterocycles. The van der Waals surface area contributed by atoms with Crippen molar-refractivity contribution in [1.29, 1.82) is 5.41 Å². The number of thioether (sulfide) groups is 1. The molecule has 0 amide bonds. The summed E-state index contributed by atoms with van der Waals surface area (Å²) in [4.78, 5) is 11.5. The van der Waals surface area contributed by atoms with E-state index in [1.807, 2.05) is 6.92 Å². The minimum absolute atomic E-state index is 0.0472. The highest BCUT2D eigenvalue weighted by molar-refractivity contribution is 8.13. The molecule has 0 aliphatic rings. The molecular formula is C11H16N2O3S. The number of furan rings is 1. The molecule has 0 fully saturated rings. The molecule has 0 unspecified atom stereocenters. The second-order valence-corrected chi connectivity index (χ2v) is 4.30. The van der Waals surface area contributed by atoms with Crippen molar-refractivity contribution in [3.05, 3.63) is 23.2 Å². The highest BCUT2D eigenvalue weighted by atomic mass is 32.2. The van der Waals surface area contributed by atoms with Gasteiger partial charge in [-0.05, 0) is 13.0 Å². The quantitative estimate of drug-likeness (QED) is 0.478. The Bertz CT molecular complexity index is 415. The van der Waals surface area contributed by atoms with Gasteiger partial charge >= 0.3 is 5.97 Å². The van der Waals surface area contributed by atoms with Crippen LogP contribution in [0.1, 0.15) is 35.7 Å². The van der Waals surface area contributed by atoms with Crippen LogP contribution in [0.2, 0.25) is 0 Å². The van der Waals surface area contributed by atoms with Gasteiger partial charge in [0, 0.05) is 17.7 Å². The summed E-state index contributed by atoms with van der Waals surface area (Å²) in [6.07, 6.45) is 0.688.